The van der Waals surface area contributed by atoms with Crippen molar-refractivity contribution in [3.8, 4) is 0 Å². The Balaban J connectivity index is 2.51. The van der Waals surface area contributed by atoms with Crippen molar-refractivity contribution < 1.29 is 9.18 Å². The van der Waals surface area contributed by atoms with Crippen LogP contribution < -0.4 is 5.32 Å². The molecule has 1 aromatic rings. The van der Waals surface area contributed by atoms with Gasteiger partial charge in [0.1, 0.15) is 5.82 Å². The van der Waals surface area contributed by atoms with Crippen LogP contribution in [0.15, 0.2) is 24.3 Å². The summed E-state index contributed by atoms with van der Waals surface area (Å²) >= 11 is 0. The highest BCUT2D eigenvalue weighted by molar-refractivity contribution is 5.77. The fourth-order valence-corrected chi connectivity index (χ4v) is 1.58. The van der Waals surface area contributed by atoms with Crippen LogP contribution in [0.3, 0.4) is 0 Å². The molecule has 1 aromatic carbocycles. The van der Waals surface area contributed by atoms with Crippen LogP contribution >= 0.6 is 0 Å². The number of carbonyl (C=O) groups excluding carboxylic acids is 1. The number of carbonyl (C=O) groups is 1. The van der Waals surface area contributed by atoms with E-state index < -0.39 is 0 Å². The van der Waals surface area contributed by atoms with Gasteiger partial charge >= 0.3 is 0 Å². The van der Waals surface area contributed by atoms with E-state index in [0.29, 0.717) is 19.6 Å². The maximum atomic E-state index is 12.7. The summed E-state index contributed by atoms with van der Waals surface area (Å²) in [5.74, 6) is -0.211. The average Bonchev–Trinajstić information content (AvgIpc) is 2.31. The third-order valence-corrected chi connectivity index (χ3v) is 2.51. The molecule has 4 heteroatoms. The SMILES string of the molecule is CCNC(=O)CN(CC)Cc1ccc(F)cc1. The molecule has 0 spiro atoms. The summed E-state index contributed by atoms with van der Waals surface area (Å²) in [4.78, 5) is 13.5. The van der Waals surface area contributed by atoms with Crippen LogP contribution in [0.1, 0.15) is 19.4 Å². The molecule has 0 aliphatic rings. The molecule has 0 saturated carbocycles. The molecule has 0 aliphatic heterocycles. The third-order valence-electron chi connectivity index (χ3n) is 2.51. The zero-order valence-electron chi connectivity index (χ0n) is 10.4. The molecule has 0 unspecified atom stereocenters. The van der Waals surface area contributed by atoms with Crippen molar-refractivity contribution in [3.63, 3.8) is 0 Å². The Morgan fingerprint density at radius 1 is 1.29 bits per heavy atom. The summed E-state index contributed by atoms with van der Waals surface area (Å²) in [5.41, 5.74) is 1.01. The van der Waals surface area contributed by atoms with Gasteiger partial charge in [-0.2, -0.15) is 0 Å². The Hall–Kier alpha value is -1.42. The van der Waals surface area contributed by atoms with Gasteiger partial charge in [0.05, 0.1) is 6.54 Å². The Kier molecular flexibility index (Phi) is 5.63. The van der Waals surface area contributed by atoms with Gasteiger partial charge in [-0.25, -0.2) is 4.39 Å². The molecule has 0 fully saturated rings. The van der Waals surface area contributed by atoms with Gasteiger partial charge in [-0.1, -0.05) is 19.1 Å². The van der Waals surface area contributed by atoms with E-state index in [1.54, 1.807) is 12.1 Å². The normalized spacial score (nSPS) is 10.6. The second kappa shape index (κ2) is 7.01. The lowest BCUT2D eigenvalue weighted by Gasteiger charge is -2.19. The molecule has 1 amide bonds. The minimum Gasteiger partial charge on any atom is -0.355 e. The standard InChI is InChI=1S/C13H19FN2O/c1-3-15-13(17)10-16(4-2)9-11-5-7-12(14)8-6-11/h5-8H,3-4,9-10H2,1-2H3,(H,15,17). The second-order valence-corrected chi connectivity index (χ2v) is 3.88. The summed E-state index contributed by atoms with van der Waals surface area (Å²) in [6.45, 7) is 6.37. The number of likely N-dealkylation sites (N-methyl/N-ethyl adjacent to an activating group) is 2. The van der Waals surface area contributed by atoms with Gasteiger partial charge in [0.15, 0.2) is 0 Å². The number of benzene rings is 1. The molecule has 0 atom stereocenters. The number of nitrogens with one attached hydrogen (secondary N) is 1. The molecule has 0 radical (unpaired) electrons. The molecule has 3 nitrogen and oxygen atoms in total. The number of halogens is 1. The van der Waals surface area contributed by atoms with E-state index in [-0.39, 0.29) is 11.7 Å². The lowest BCUT2D eigenvalue weighted by Crippen LogP contribution is -2.36. The maximum absolute atomic E-state index is 12.7. The van der Waals surface area contributed by atoms with Crippen molar-refractivity contribution in [2.24, 2.45) is 0 Å². The lowest BCUT2D eigenvalue weighted by atomic mass is 10.2. The highest BCUT2D eigenvalue weighted by Crippen LogP contribution is 2.06. The molecule has 1 rings (SSSR count). The van der Waals surface area contributed by atoms with E-state index >= 15 is 0 Å². The second-order valence-electron chi connectivity index (χ2n) is 3.88. The zero-order valence-corrected chi connectivity index (χ0v) is 10.4. The van der Waals surface area contributed by atoms with Crippen LogP contribution in [-0.4, -0.2) is 30.4 Å². The summed E-state index contributed by atoms with van der Waals surface area (Å²) in [7, 11) is 0. The monoisotopic (exact) mass is 238 g/mol. The minimum absolute atomic E-state index is 0.0245. The van der Waals surface area contributed by atoms with Crippen LogP contribution in [0.4, 0.5) is 4.39 Å². The van der Waals surface area contributed by atoms with Gasteiger partial charge in [0.25, 0.3) is 0 Å². The molecule has 1 N–H and O–H groups in total. The highest BCUT2D eigenvalue weighted by atomic mass is 19.1. The zero-order chi connectivity index (χ0) is 12.7. The summed E-state index contributed by atoms with van der Waals surface area (Å²) < 4.78 is 12.7. The molecule has 17 heavy (non-hydrogen) atoms. The van der Waals surface area contributed by atoms with Crippen LogP contribution in [0.5, 0.6) is 0 Å². The van der Waals surface area contributed by atoms with Gasteiger partial charge in [-0.15, -0.1) is 0 Å². The van der Waals surface area contributed by atoms with Gasteiger partial charge in [0.2, 0.25) is 5.91 Å². The van der Waals surface area contributed by atoms with Crippen LogP contribution in [-0.2, 0) is 11.3 Å². The summed E-state index contributed by atoms with van der Waals surface area (Å²) in [6.07, 6.45) is 0. The number of rotatable bonds is 6. The first-order valence-corrected chi connectivity index (χ1v) is 5.89. The van der Waals surface area contributed by atoms with Crippen LogP contribution in [0.25, 0.3) is 0 Å². The molecule has 0 saturated heterocycles. The van der Waals surface area contributed by atoms with Crippen molar-refractivity contribution in [3.05, 3.63) is 35.6 Å². The Morgan fingerprint density at radius 2 is 1.94 bits per heavy atom. The first-order chi connectivity index (χ1) is 8.15. The number of nitrogens with zero attached hydrogens (tertiary/aromatic N) is 1. The van der Waals surface area contributed by atoms with Crippen molar-refractivity contribution in [1.29, 1.82) is 0 Å². The van der Waals surface area contributed by atoms with Crippen molar-refractivity contribution in [2.45, 2.75) is 20.4 Å². The van der Waals surface area contributed by atoms with Crippen LogP contribution in [0, 0.1) is 5.82 Å². The largest absolute Gasteiger partial charge is 0.355 e. The fraction of sp³-hybridized carbons (Fsp3) is 0.462. The van der Waals surface area contributed by atoms with Gasteiger partial charge in [0, 0.05) is 13.1 Å². The predicted molar refractivity (Wildman–Crippen MR) is 66.0 cm³/mol. The van der Waals surface area contributed by atoms with E-state index in [9.17, 15) is 9.18 Å². The van der Waals surface area contributed by atoms with Crippen molar-refractivity contribution >= 4 is 5.91 Å². The summed E-state index contributed by atoms with van der Waals surface area (Å²) in [6, 6.07) is 6.37. The Morgan fingerprint density at radius 3 is 2.47 bits per heavy atom. The first-order valence-electron chi connectivity index (χ1n) is 5.89. The topological polar surface area (TPSA) is 32.3 Å². The minimum atomic E-state index is -0.236. The number of hydrogen-bond donors (Lipinski definition) is 1. The number of amides is 1. The Bertz CT molecular complexity index is 351. The van der Waals surface area contributed by atoms with E-state index in [0.717, 1.165) is 12.1 Å². The number of hydrogen-bond acceptors (Lipinski definition) is 2. The van der Waals surface area contributed by atoms with Crippen molar-refractivity contribution in [2.75, 3.05) is 19.6 Å². The van der Waals surface area contributed by atoms with Crippen LogP contribution in [0.2, 0.25) is 0 Å². The smallest absolute Gasteiger partial charge is 0.234 e. The molecule has 0 aromatic heterocycles. The van der Waals surface area contributed by atoms with Crippen molar-refractivity contribution in [1.82, 2.24) is 10.2 Å². The lowest BCUT2D eigenvalue weighted by molar-refractivity contribution is -0.122. The Labute approximate surface area is 102 Å². The molecular formula is C13H19FN2O. The molecule has 0 bridgehead atoms. The third kappa shape index (κ3) is 4.95. The summed E-state index contributed by atoms with van der Waals surface area (Å²) in [5, 5.41) is 2.76. The highest BCUT2D eigenvalue weighted by Gasteiger charge is 2.08. The van der Waals surface area contributed by atoms with E-state index in [1.807, 2.05) is 18.7 Å². The van der Waals surface area contributed by atoms with Gasteiger partial charge < -0.3 is 5.32 Å². The predicted octanol–water partition coefficient (Wildman–Crippen LogP) is 1.78. The maximum Gasteiger partial charge on any atom is 0.234 e. The van der Waals surface area contributed by atoms with E-state index in [1.165, 1.54) is 12.1 Å². The molecular weight excluding hydrogens is 219 g/mol. The first kappa shape index (κ1) is 13.6. The van der Waals surface area contributed by atoms with Gasteiger partial charge in [-0.3, -0.25) is 9.69 Å². The van der Waals surface area contributed by atoms with E-state index in [2.05, 4.69) is 5.32 Å². The quantitative estimate of drug-likeness (QED) is 0.819. The molecule has 0 heterocycles. The molecule has 94 valence electrons. The van der Waals surface area contributed by atoms with Gasteiger partial charge in [-0.05, 0) is 31.2 Å². The fourth-order valence-electron chi connectivity index (χ4n) is 1.58. The van der Waals surface area contributed by atoms with E-state index in [4.69, 9.17) is 0 Å². The molecule has 0 aliphatic carbocycles. The average molecular weight is 238 g/mol.